The summed E-state index contributed by atoms with van der Waals surface area (Å²) in [6.07, 6.45) is 0.0173. The first-order chi connectivity index (χ1) is 7.54. The molecule has 0 aromatic heterocycles. The average Bonchev–Trinajstić information content (AvgIpc) is 2.20. The number of rotatable bonds is 5. The van der Waals surface area contributed by atoms with Crippen molar-refractivity contribution in [2.45, 2.75) is 26.0 Å². The monoisotopic (exact) mass is 287 g/mol. The molecule has 0 saturated carbocycles. The standard InChI is InChI=1S/C12H18BrNO2/c1-8(7-15-3)16-12-5-4-10(13)6-11(12)9(2)14/h4-6,8-9H,7,14H2,1-3H3. The maximum atomic E-state index is 5.90. The highest BCUT2D eigenvalue weighted by Crippen LogP contribution is 2.28. The molecule has 0 aliphatic carbocycles. The normalized spacial score (nSPS) is 14.6. The van der Waals surface area contributed by atoms with Gasteiger partial charge in [-0.1, -0.05) is 15.9 Å². The van der Waals surface area contributed by atoms with Crippen LogP contribution in [0.15, 0.2) is 22.7 Å². The Balaban J connectivity index is 2.86. The molecule has 0 saturated heterocycles. The second-order valence-electron chi connectivity index (χ2n) is 3.85. The van der Waals surface area contributed by atoms with Crippen LogP contribution in [-0.2, 0) is 4.74 Å². The molecule has 0 aliphatic rings. The summed E-state index contributed by atoms with van der Waals surface area (Å²) in [5, 5.41) is 0. The van der Waals surface area contributed by atoms with Crippen LogP contribution in [0.2, 0.25) is 0 Å². The highest BCUT2D eigenvalue weighted by atomic mass is 79.9. The van der Waals surface area contributed by atoms with Gasteiger partial charge < -0.3 is 15.2 Å². The Hall–Kier alpha value is -0.580. The van der Waals surface area contributed by atoms with Crippen molar-refractivity contribution in [3.05, 3.63) is 28.2 Å². The molecule has 1 aromatic carbocycles. The molecule has 1 aromatic rings. The average molecular weight is 288 g/mol. The van der Waals surface area contributed by atoms with Crippen LogP contribution in [0.25, 0.3) is 0 Å². The smallest absolute Gasteiger partial charge is 0.124 e. The van der Waals surface area contributed by atoms with Crippen molar-refractivity contribution in [1.82, 2.24) is 0 Å². The number of ether oxygens (including phenoxy) is 2. The number of hydrogen-bond acceptors (Lipinski definition) is 3. The van der Waals surface area contributed by atoms with Gasteiger partial charge in [0.05, 0.1) is 6.61 Å². The van der Waals surface area contributed by atoms with Crippen LogP contribution in [0.4, 0.5) is 0 Å². The summed E-state index contributed by atoms with van der Waals surface area (Å²) < 4.78 is 11.8. The van der Waals surface area contributed by atoms with Gasteiger partial charge in [-0.25, -0.2) is 0 Å². The van der Waals surface area contributed by atoms with Gasteiger partial charge in [0, 0.05) is 23.2 Å². The molecule has 0 spiro atoms. The quantitative estimate of drug-likeness (QED) is 0.906. The zero-order valence-corrected chi connectivity index (χ0v) is 11.5. The van der Waals surface area contributed by atoms with Crippen molar-refractivity contribution in [3.63, 3.8) is 0 Å². The van der Waals surface area contributed by atoms with Gasteiger partial charge >= 0.3 is 0 Å². The van der Waals surface area contributed by atoms with E-state index in [-0.39, 0.29) is 12.1 Å². The zero-order valence-electron chi connectivity index (χ0n) is 9.87. The van der Waals surface area contributed by atoms with E-state index in [9.17, 15) is 0 Å². The molecule has 2 atom stereocenters. The Morgan fingerprint density at radius 3 is 2.62 bits per heavy atom. The first-order valence-corrected chi connectivity index (χ1v) is 6.04. The summed E-state index contributed by atoms with van der Waals surface area (Å²) in [6, 6.07) is 5.80. The summed E-state index contributed by atoms with van der Waals surface area (Å²) in [7, 11) is 1.66. The lowest BCUT2D eigenvalue weighted by molar-refractivity contribution is 0.0912. The van der Waals surface area contributed by atoms with E-state index in [2.05, 4.69) is 15.9 Å². The lowest BCUT2D eigenvalue weighted by atomic mass is 10.1. The second-order valence-corrected chi connectivity index (χ2v) is 4.77. The van der Waals surface area contributed by atoms with E-state index in [1.54, 1.807) is 7.11 Å². The Morgan fingerprint density at radius 2 is 2.06 bits per heavy atom. The van der Waals surface area contributed by atoms with Gasteiger partial charge in [-0.05, 0) is 32.0 Å². The molecule has 4 heteroatoms. The Labute approximate surface area is 105 Å². The van der Waals surface area contributed by atoms with Crippen molar-refractivity contribution >= 4 is 15.9 Å². The van der Waals surface area contributed by atoms with Crippen molar-refractivity contribution in [3.8, 4) is 5.75 Å². The van der Waals surface area contributed by atoms with Crippen molar-refractivity contribution in [2.75, 3.05) is 13.7 Å². The van der Waals surface area contributed by atoms with Crippen molar-refractivity contribution < 1.29 is 9.47 Å². The van der Waals surface area contributed by atoms with Crippen LogP contribution >= 0.6 is 15.9 Å². The van der Waals surface area contributed by atoms with Crippen LogP contribution in [0.5, 0.6) is 5.75 Å². The molecule has 0 heterocycles. The fraction of sp³-hybridized carbons (Fsp3) is 0.500. The minimum atomic E-state index is -0.0535. The molecule has 0 radical (unpaired) electrons. The molecule has 16 heavy (non-hydrogen) atoms. The zero-order chi connectivity index (χ0) is 12.1. The molecule has 3 nitrogen and oxygen atoms in total. The van der Waals surface area contributed by atoms with Gasteiger partial charge in [-0.15, -0.1) is 0 Å². The van der Waals surface area contributed by atoms with E-state index in [1.807, 2.05) is 32.0 Å². The van der Waals surface area contributed by atoms with Gasteiger partial charge in [0.2, 0.25) is 0 Å². The van der Waals surface area contributed by atoms with E-state index in [1.165, 1.54) is 0 Å². The number of methoxy groups -OCH3 is 1. The third kappa shape index (κ3) is 3.77. The first kappa shape index (κ1) is 13.5. The third-order valence-electron chi connectivity index (χ3n) is 2.19. The summed E-state index contributed by atoms with van der Waals surface area (Å²) in [5.74, 6) is 0.822. The van der Waals surface area contributed by atoms with Crippen molar-refractivity contribution in [1.29, 1.82) is 0 Å². The summed E-state index contributed by atoms with van der Waals surface area (Å²) in [6.45, 7) is 4.47. The van der Waals surface area contributed by atoms with Gasteiger partial charge in [-0.3, -0.25) is 0 Å². The summed E-state index contributed by atoms with van der Waals surface area (Å²) in [4.78, 5) is 0. The van der Waals surface area contributed by atoms with Gasteiger partial charge in [0.15, 0.2) is 0 Å². The molecule has 0 amide bonds. The largest absolute Gasteiger partial charge is 0.488 e. The highest BCUT2D eigenvalue weighted by molar-refractivity contribution is 9.10. The van der Waals surface area contributed by atoms with Gasteiger partial charge in [-0.2, -0.15) is 0 Å². The van der Waals surface area contributed by atoms with E-state index in [4.69, 9.17) is 15.2 Å². The molecule has 0 fully saturated rings. The minimum Gasteiger partial charge on any atom is -0.488 e. The topological polar surface area (TPSA) is 44.5 Å². The van der Waals surface area contributed by atoms with Gasteiger partial charge in [0.25, 0.3) is 0 Å². The van der Waals surface area contributed by atoms with Crippen LogP contribution in [0, 0.1) is 0 Å². The minimum absolute atomic E-state index is 0.0173. The van der Waals surface area contributed by atoms with E-state index in [0.717, 1.165) is 15.8 Å². The molecule has 1 rings (SSSR count). The summed E-state index contributed by atoms with van der Waals surface area (Å²) in [5.41, 5.74) is 6.90. The maximum Gasteiger partial charge on any atom is 0.124 e. The van der Waals surface area contributed by atoms with Crippen LogP contribution < -0.4 is 10.5 Å². The number of benzene rings is 1. The first-order valence-electron chi connectivity index (χ1n) is 5.25. The van der Waals surface area contributed by atoms with E-state index < -0.39 is 0 Å². The fourth-order valence-electron chi connectivity index (χ4n) is 1.47. The molecule has 2 N–H and O–H groups in total. The molecule has 0 bridgehead atoms. The summed E-state index contributed by atoms with van der Waals surface area (Å²) >= 11 is 3.43. The van der Waals surface area contributed by atoms with E-state index in [0.29, 0.717) is 6.61 Å². The van der Waals surface area contributed by atoms with E-state index >= 15 is 0 Å². The number of halogens is 1. The third-order valence-corrected chi connectivity index (χ3v) is 2.69. The SMILES string of the molecule is COCC(C)Oc1ccc(Br)cc1C(C)N. The molecule has 0 aliphatic heterocycles. The lowest BCUT2D eigenvalue weighted by Gasteiger charge is -2.18. The number of hydrogen-bond donors (Lipinski definition) is 1. The number of nitrogens with two attached hydrogens (primary N) is 1. The predicted octanol–water partition coefficient (Wildman–Crippen LogP) is 2.88. The van der Waals surface area contributed by atoms with Crippen LogP contribution in [0.3, 0.4) is 0 Å². The fourth-order valence-corrected chi connectivity index (χ4v) is 1.85. The Bertz CT molecular complexity index is 342. The molecular formula is C12H18BrNO2. The Morgan fingerprint density at radius 1 is 1.38 bits per heavy atom. The van der Waals surface area contributed by atoms with Crippen LogP contribution in [0.1, 0.15) is 25.5 Å². The van der Waals surface area contributed by atoms with Crippen molar-refractivity contribution in [2.24, 2.45) is 5.73 Å². The molecule has 2 unspecified atom stereocenters. The second kappa shape index (κ2) is 6.23. The predicted molar refractivity (Wildman–Crippen MR) is 68.7 cm³/mol. The molecular weight excluding hydrogens is 270 g/mol. The van der Waals surface area contributed by atoms with Gasteiger partial charge in [0.1, 0.15) is 11.9 Å². The maximum absolute atomic E-state index is 5.90. The lowest BCUT2D eigenvalue weighted by Crippen LogP contribution is -2.19. The highest BCUT2D eigenvalue weighted by Gasteiger charge is 2.11. The van der Waals surface area contributed by atoms with Crippen LogP contribution in [-0.4, -0.2) is 19.8 Å². The molecule has 90 valence electrons. The Kier molecular flexibility index (Phi) is 5.25.